The smallest absolute Gasteiger partial charge is 0.255 e. The van der Waals surface area contributed by atoms with Gasteiger partial charge < -0.3 is 15.8 Å². The van der Waals surface area contributed by atoms with Crippen LogP contribution in [0.2, 0.25) is 0 Å². The Labute approximate surface area is 124 Å². The van der Waals surface area contributed by atoms with E-state index < -0.39 is 0 Å². The Bertz CT molecular complexity index is 621. The van der Waals surface area contributed by atoms with Crippen LogP contribution in [0.5, 0.6) is 5.75 Å². The van der Waals surface area contributed by atoms with Crippen LogP contribution >= 0.6 is 0 Å². The fourth-order valence-electron chi connectivity index (χ4n) is 1.90. The van der Waals surface area contributed by atoms with Crippen LogP contribution in [0.25, 0.3) is 0 Å². The molecule has 0 saturated heterocycles. The van der Waals surface area contributed by atoms with Crippen LogP contribution in [0.15, 0.2) is 42.5 Å². The van der Waals surface area contributed by atoms with Crippen molar-refractivity contribution in [3.63, 3.8) is 0 Å². The molecule has 2 rings (SSSR count). The van der Waals surface area contributed by atoms with E-state index in [1.165, 1.54) is 5.56 Å². The van der Waals surface area contributed by atoms with Gasteiger partial charge in [-0.05, 0) is 61.4 Å². The van der Waals surface area contributed by atoms with E-state index >= 15 is 0 Å². The molecule has 4 heteroatoms. The van der Waals surface area contributed by atoms with Crippen molar-refractivity contribution in [1.29, 1.82) is 0 Å². The van der Waals surface area contributed by atoms with Gasteiger partial charge in [-0.15, -0.1) is 0 Å². The second-order valence-electron chi connectivity index (χ2n) is 4.91. The number of carbonyl (C=O) groups excluding carboxylic acids is 1. The first kappa shape index (κ1) is 15.1. The zero-order valence-electron chi connectivity index (χ0n) is 12.3. The SMILES string of the molecule is Cc1ccc(C(=O)Nc2ccc(OCCN)cc2)cc1C. The number of nitrogens with one attached hydrogen (secondary N) is 1. The van der Waals surface area contributed by atoms with E-state index in [4.69, 9.17) is 10.5 Å². The number of hydrogen-bond acceptors (Lipinski definition) is 3. The van der Waals surface area contributed by atoms with Crippen LogP contribution in [-0.2, 0) is 0 Å². The summed E-state index contributed by atoms with van der Waals surface area (Å²) >= 11 is 0. The van der Waals surface area contributed by atoms with Gasteiger partial charge in [0.25, 0.3) is 5.91 Å². The van der Waals surface area contributed by atoms with Crippen LogP contribution < -0.4 is 15.8 Å². The van der Waals surface area contributed by atoms with Crippen molar-refractivity contribution in [3.05, 3.63) is 59.2 Å². The quantitative estimate of drug-likeness (QED) is 0.887. The molecule has 0 unspecified atom stereocenters. The fraction of sp³-hybridized carbons (Fsp3) is 0.235. The summed E-state index contributed by atoms with van der Waals surface area (Å²) in [5.41, 5.74) is 9.04. The van der Waals surface area contributed by atoms with Crippen LogP contribution in [0.1, 0.15) is 21.5 Å². The predicted molar refractivity (Wildman–Crippen MR) is 84.9 cm³/mol. The molecule has 1 amide bonds. The lowest BCUT2D eigenvalue weighted by Gasteiger charge is -2.09. The summed E-state index contributed by atoms with van der Waals surface area (Å²) in [5, 5.41) is 2.87. The number of benzene rings is 2. The van der Waals surface area contributed by atoms with E-state index in [0.29, 0.717) is 18.7 Å². The topological polar surface area (TPSA) is 64.3 Å². The molecule has 0 heterocycles. The molecule has 3 N–H and O–H groups in total. The first-order chi connectivity index (χ1) is 10.1. The van der Waals surface area contributed by atoms with Gasteiger partial charge in [-0.3, -0.25) is 4.79 Å². The minimum Gasteiger partial charge on any atom is -0.492 e. The van der Waals surface area contributed by atoms with Crippen molar-refractivity contribution < 1.29 is 9.53 Å². The van der Waals surface area contributed by atoms with Crippen LogP contribution in [0.3, 0.4) is 0 Å². The third kappa shape index (κ3) is 4.07. The van der Waals surface area contributed by atoms with Gasteiger partial charge in [0.1, 0.15) is 12.4 Å². The summed E-state index contributed by atoms with van der Waals surface area (Å²) in [7, 11) is 0. The molecule has 0 atom stereocenters. The van der Waals surface area contributed by atoms with Crippen LogP contribution in [0.4, 0.5) is 5.69 Å². The lowest BCUT2D eigenvalue weighted by atomic mass is 10.1. The summed E-state index contributed by atoms with van der Waals surface area (Å²) in [6, 6.07) is 12.9. The summed E-state index contributed by atoms with van der Waals surface area (Å²) < 4.78 is 5.39. The largest absolute Gasteiger partial charge is 0.492 e. The molecule has 0 bridgehead atoms. The third-order valence-electron chi connectivity index (χ3n) is 3.27. The van der Waals surface area contributed by atoms with E-state index in [0.717, 1.165) is 17.0 Å². The highest BCUT2D eigenvalue weighted by Crippen LogP contribution is 2.17. The predicted octanol–water partition coefficient (Wildman–Crippen LogP) is 2.89. The monoisotopic (exact) mass is 284 g/mol. The first-order valence-corrected chi connectivity index (χ1v) is 6.91. The van der Waals surface area contributed by atoms with Gasteiger partial charge in [0, 0.05) is 17.8 Å². The number of anilines is 1. The number of amides is 1. The maximum Gasteiger partial charge on any atom is 0.255 e. The highest BCUT2D eigenvalue weighted by molar-refractivity contribution is 6.04. The molecule has 0 aliphatic rings. The van der Waals surface area contributed by atoms with Crippen LogP contribution in [-0.4, -0.2) is 19.1 Å². The first-order valence-electron chi connectivity index (χ1n) is 6.91. The normalized spacial score (nSPS) is 10.2. The minimum absolute atomic E-state index is 0.117. The molecule has 0 aliphatic carbocycles. The Kier molecular flexibility index (Phi) is 4.95. The van der Waals surface area contributed by atoms with Gasteiger partial charge in [-0.2, -0.15) is 0 Å². The van der Waals surface area contributed by atoms with Crippen LogP contribution in [0, 0.1) is 13.8 Å². The molecule has 0 aromatic heterocycles. The molecule has 0 saturated carbocycles. The molecule has 0 spiro atoms. The lowest BCUT2D eigenvalue weighted by molar-refractivity contribution is 0.102. The molecule has 4 nitrogen and oxygen atoms in total. The van der Waals surface area contributed by atoms with Crippen molar-refractivity contribution in [2.75, 3.05) is 18.5 Å². The van der Waals surface area contributed by atoms with Crippen molar-refractivity contribution in [3.8, 4) is 5.75 Å². The Hall–Kier alpha value is -2.33. The highest BCUT2D eigenvalue weighted by Gasteiger charge is 2.07. The molecule has 0 fully saturated rings. The fourth-order valence-corrected chi connectivity index (χ4v) is 1.90. The number of rotatable bonds is 5. The van der Waals surface area contributed by atoms with Crippen molar-refractivity contribution in [1.82, 2.24) is 0 Å². The Morgan fingerprint density at radius 1 is 1.10 bits per heavy atom. The summed E-state index contributed by atoms with van der Waals surface area (Å²) in [6.07, 6.45) is 0. The standard InChI is InChI=1S/C17H20N2O2/c1-12-3-4-14(11-13(12)2)17(20)19-15-5-7-16(8-6-15)21-10-9-18/h3-8,11H,9-10,18H2,1-2H3,(H,19,20). The maximum atomic E-state index is 12.2. The van der Waals surface area contributed by atoms with Gasteiger partial charge >= 0.3 is 0 Å². The average Bonchev–Trinajstić information content (AvgIpc) is 2.49. The maximum absolute atomic E-state index is 12.2. The molecule has 2 aromatic rings. The Morgan fingerprint density at radius 2 is 1.81 bits per heavy atom. The lowest BCUT2D eigenvalue weighted by Crippen LogP contribution is -2.12. The zero-order chi connectivity index (χ0) is 15.2. The minimum atomic E-state index is -0.117. The zero-order valence-corrected chi connectivity index (χ0v) is 12.3. The molecule has 0 aliphatic heterocycles. The summed E-state index contributed by atoms with van der Waals surface area (Å²) in [4.78, 5) is 12.2. The second kappa shape index (κ2) is 6.90. The van der Waals surface area contributed by atoms with E-state index in [9.17, 15) is 4.79 Å². The van der Waals surface area contributed by atoms with Crippen molar-refractivity contribution in [2.24, 2.45) is 5.73 Å². The van der Waals surface area contributed by atoms with E-state index in [1.54, 1.807) is 0 Å². The number of carbonyl (C=O) groups is 1. The van der Waals surface area contributed by atoms with Crippen molar-refractivity contribution >= 4 is 11.6 Å². The number of nitrogens with two attached hydrogens (primary N) is 1. The highest BCUT2D eigenvalue weighted by atomic mass is 16.5. The molecular formula is C17H20N2O2. The van der Waals surface area contributed by atoms with Gasteiger partial charge in [0.2, 0.25) is 0 Å². The summed E-state index contributed by atoms with van der Waals surface area (Å²) in [6.45, 7) is 4.98. The number of aryl methyl sites for hydroxylation is 2. The third-order valence-corrected chi connectivity index (χ3v) is 3.27. The molecule has 110 valence electrons. The molecule has 21 heavy (non-hydrogen) atoms. The molecule has 0 radical (unpaired) electrons. The van der Waals surface area contributed by atoms with Gasteiger partial charge in [0.05, 0.1) is 0 Å². The van der Waals surface area contributed by atoms with Gasteiger partial charge in [0.15, 0.2) is 0 Å². The van der Waals surface area contributed by atoms with Gasteiger partial charge in [-0.25, -0.2) is 0 Å². The van der Waals surface area contributed by atoms with Crippen molar-refractivity contribution in [2.45, 2.75) is 13.8 Å². The Morgan fingerprint density at radius 3 is 2.43 bits per heavy atom. The van der Waals surface area contributed by atoms with Gasteiger partial charge in [-0.1, -0.05) is 6.07 Å². The van der Waals surface area contributed by atoms with E-state index in [2.05, 4.69) is 5.32 Å². The Balaban J connectivity index is 2.03. The van der Waals surface area contributed by atoms with E-state index in [-0.39, 0.29) is 5.91 Å². The number of hydrogen-bond donors (Lipinski definition) is 2. The molecule has 2 aromatic carbocycles. The molecular weight excluding hydrogens is 264 g/mol. The number of ether oxygens (including phenoxy) is 1. The van der Waals surface area contributed by atoms with E-state index in [1.807, 2.05) is 56.3 Å². The summed E-state index contributed by atoms with van der Waals surface area (Å²) in [5.74, 6) is 0.623. The second-order valence-corrected chi connectivity index (χ2v) is 4.91. The average molecular weight is 284 g/mol.